The SMILES string of the molecule is CCn1nc(C)c(Br)c1CN(CCCl)C1CCC1. The van der Waals surface area contributed by atoms with Crippen molar-refractivity contribution in [1.29, 1.82) is 0 Å². The van der Waals surface area contributed by atoms with Gasteiger partial charge in [-0.2, -0.15) is 5.10 Å². The Morgan fingerprint density at radius 2 is 2.22 bits per heavy atom. The second kappa shape index (κ2) is 6.40. The van der Waals surface area contributed by atoms with E-state index in [4.69, 9.17) is 11.6 Å². The molecular formula is C13H21BrClN3. The number of hydrogen-bond acceptors (Lipinski definition) is 2. The third kappa shape index (κ3) is 2.91. The summed E-state index contributed by atoms with van der Waals surface area (Å²) in [4.78, 5) is 2.50. The molecule has 1 saturated carbocycles. The zero-order valence-electron chi connectivity index (χ0n) is 11.1. The molecule has 1 heterocycles. The summed E-state index contributed by atoms with van der Waals surface area (Å²) in [5.74, 6) is 0.702. The van der Waals surface area contributed by atoms with Gasteiger partial charge in [0.2, 0.25) is 0 Å². The molecule has 0 atom stereocenters. The third-order valence-corrected chi connectivity index (χ3v) is 4.97. The van der Waals surface area contributed by atoms with Gasteiger partial charge in [-0.3, -0.25) is 9.58 Å². The smallest absolute Gasteiger partial charge is 0.0739 e. The molecule has 0 aliphatic heterocycles. The van der Waals surface area contributed by atoms with Crippen molar-refractivity contribution >= 4 is 27.5 Å². The number of aryl methyl sites for hydroxylation is 2. The van der Waals surface area contributed by atoms with Crippen LogP contribution in [0.15, 0.2) is 4.47 Å². The standard InChI is InChI=1S/C13H21BrClN3/c1-3-18-12(13(14)10(2)16-18)9-17(8-7-15)11-5-4-6-11/h11H,3-9H2,1-2H3. The lowest BCUT2D eigenvalue weighted by atomic mass is 9.91. The van der Waals surface area contributed by atoms with E-state index < -0.39 is 0 Å². The van der Waals surface area contributed by atoms with Crippen LogP contribution < -0.4 is 0 Å². The first-order valence-corrected chi connectivity index (χ1v) is 8.02. The van der Waals surface area contributed by atoms with Crippen LogP contribution in [-0.4, -0.2) is 33.1 Å². The maximum atomic E-state index is 5.93. The Hall–Kier alpha value is -0.0600. The Bertz CT molecular complexity index is 401. The van der Waals surface area contributed by atoms with Crippen molar-refractivity contribution in [3.8, 4) is 0 Å². The van der Waals surface area contributed by atoms with Gasteiger partial charge in [-0.05, 0) is 42.6 Å². The monoisotopic (exact) mass is 333 g/mol. The highest BCUT2D eigenvalue weighted by molar-refractivity contribution is 9.10. The number of nitrogens with zero attached hydrogens (tertiary/aromatic N) is 3. The Morgan fingerprint density at radius 1 is 1.50 bits per heavy atom. The highest BCUT2D eigenvalue weighted by Crippen LogP contribution is 2.29. The fourth-order valence-corrected chi connectivity index (χ4v) is 3.09. The summed E-state index contributed by atoms with van der Waals surface area (Å²) in [6.45, 7) is 7.02. The van der Waals surface area contributed by atoms with Gasteiger partial charge in [0.15, 0.2) is 0 Å². The van der Waals surface area contributed by atoms with Crippen LogP contribution in [0, 0.1) is 6.92 Å². The minimum absolute atomic E-state index is 0.702. The topological polar surface area (TPSA) is 21.1 Å². The number of aromatic nitrogens is 2. The van der Waals surface area contributed by atoms with E-state index in [1.165, 1.54) is 25.0 Å². The molecule has 0 spiro atoms. The van der Waals surface area contributed by atoms with E-state index in [2.05, 4.69) is 44.5 Å². The van der Waals surface area contributed by atoms with E-state index in [1.54, 1.807) is 0 Å². The lowest BCUT2D eigenvalue weighted by Gasteiger charge is -2.37. The molecule has 0 bridgehead atoms. The normalized spacial score (nSPS) is 16.3. The summed E-state index contributed by atoms with van der Waals surface area (Å²) in [5.41, 5.74) is 2.36. The van der Waals surface area contributed by atoms with Crippen molar-refractivity contribution in [2.24, 2.45) is 0 Å². The van der Waals surface area contributed by atoms with Crippen LogP contribution >= 0.6 is 27.5 Å². The molecule has 18 heavy (non-hydrogen) atoms. The Kier molecular flexibility index (Phi) is 5.10. The summed E-state index contributed by atoms with van der Waals surface area (Å²) in [5, 5.41) is 4.56. The van der Waals surface area contributed by atoms with Gasteiger partial charge in [-0.1, -0.05) is 6.42 Å². The molecule has 1 aliphatic carbocycles. The maximum absolute atomic E-state index is 5.93. The largest absolute Gasteiger partial charge is 0.293 e. The molecule has 3 nitrogen and oxygen atoms in total. The number of halogens is 2. The number of rotatable bonds is 6. The van der Waals surface area contributed by atoms with Gasteiger partial charge in [-0.15, -0.1) is 11.6 Å². The summed E-state index contributed by atoms with van der Waals surface area (Å²) < 4.78 is 3.25. The van der Waals surface area contributed by atoms with Crippen LogP contribution in [0.25, 0.3) is 0 Å². The van der Waals surface area contributed by atoms with E-state index in [1.807, 2.05) is 0 Å². The Morgan fingerprint density at radius 3 is 2.72 bits per heavy atom. The van der Waals surface area contributed by atoms with Gasteiger partial charge in [-0.25, -0.2) is 0 Å². The molecule has 0 N–H and O–H groups in total. The van der Waals surface area contributed by atoms with Crippen molar-refractivity contribution in [1.82, 2.24) is 14.7 Å². The molecule has 0 unspecified atom stereocenters. The van der Waals surface area contributed by atoms with Crippen molar-refractivity contribution in [3.05, 3.63) is 15.9 Å². The fraction of sp³-hybridized carbons (Fsp3) is 0.769. The van der Waals surface area contributed by atoms with Crippen LogP contribution in [-0.2, 0) is 13.1 Å². The van der Waals surface area contributed by atoms with Crippen molar-refractivity contribution < 1.29 is 0 Å². The van der Waals surface area contributed by atoms with E-state index in [0.717, 1.165) is 35.8 Å². The van der Waals surface area contributed by atoms with Gasteiger partial charge in [0.25, 0.3) is 0 Å². The molecule has 0 saturated heterocycles. The molecule has 1 aromatic heterocycles. The first-order valence-electron chi connectivity index (χ1n) is 6.69. The lowest BCUT2D eigenvalue weighted by molar-refractivity contribution is 0.124. The van der Waals surface area contributed by atoms with E-state index in [9.17, 15) is 0 Å². The number of hydrogen-bond donors (Lipinski definition) is 0. The molecule has 0 radical (unpaired) electrons. The van der Waals surface area contributed by atoms with Crippen LogP contribution in [0.2, 0.25) is 0 Å². The predicted molar refractivity (Wildman–Crippen MR) is 79.1 cm³/mol. The maximum Gasteiger partial charge on any atom is 0.0739 e. The van der Waals surface area contributed by atoms with Gasteiger partial charge < -0.3 is 0 Å². The van der Waals surface area contributed by atoms with Crippen molar-refractivity contribution in [2.75, 3.05) is 12.4 Å². The summed E-state index contributed by atoms with van der Waals surface area (Å²) in [7, 11) is 0. The second-order valence-corrected chi connectivity index (χ2v) is 6.08. The molecule has 1 aromatic rings. The molecule has 102 valence electrons. The zero-order valence-corrected chi connectivity index (χ0v) is 13.5. The van der Waals surface area contributed by atoms with E-state index in [-0.39, 0.29) is 0 Å². The van der Waals surface area contributed by atoms with E-state index >= 15 is 0 Å². The first kappa shape index (κ1) is 14.4. The van der Waals surface area contributed by atoms with Crippen LogP contribution in [0.3, 0.4) is 0 Å². The number of alkyl halides is 1. The van der Waals surface area contributed by atoms with E-state index in [0.29, 0.717) is 5.88 Å². The van der Waals surface area contributed by atoms with Crippen LogP contribution in [0.4, 0.5) is 0 Å². The quantitative estimate of drug-likeness (QED) is 0.742. The molecule has 5 heteroatoms. The van der Waals surface area contributed by atoms with Crippen molar-refractivity contribution in [2.45, 2.75) is 52.2 Å². The molecule has 0 aromatic carbocycles. The molecule has 2 rings (SSSR count). The molecular weight excluding hydrogens is 314 g/mol. The summed E-state index contributed by atoms with van der Waals surface area (Å²) in [6, 6.07) is 0.719. The van der Waals surface area contributed by atoms with Gasteiger partial charge in [0, 0.05) is 31.6 Å². The van der Waals surface area contributed by atoms with Gasteiger partial charge in [0.05, 0.1) is 15.9 Å². The zero-order chi connectivity index (χ0) is 13.1. The molecule has 0 amide bonds. The second-order valence-electron chi connectivity index (χ2n) is 4.91. The first-order chi connectivity index (χ1) is 8.67. The van der Waals surface area contributed by atoms with Crippen molar-refractivity contribution in [3.63, 3.8) is 0 Å². The average Bonchev–Trinajstić information content (AvgIpc) is 2.55. The molecule has 1 aliphatic rings. The minimum atomic E-state index is 0.702. The van der Waals surface area contributed by atoms with Gasteiger partial charge >= 0.3 is 0 Å². The Balaban J connectivity index is 2.14. The van der Waals surface area contributed by atoms with Crippen LogP contribution in [0.1, 0.15) is 37.6 Å². The predicted octanol–water partition coefficient (Wildman–Crippen LogP) is 3.57. The summed E-state index contributed by atoms with van der Waals surface area (Å²) in [6.07, 6.45) is 3.98. The highest BCUT2D eigenvalue weighted by Gasteiger charge is 2.26. The lowest BCUT2D eigenvalue weighted by Crippen LogP contribution is -2.41. The molecule has 1 fully saturated rings. The summed E-state index contributed by atoms with van der Waals surface area (Å²) >= 11 is 9.60. The third-order valence-electron chi connectivity index (χ3n) is 3.77. The fourth-order valence-electron chi connectivity index (χ4n) is 2.46. The average molecular weight is 335 g/mol. The Labute approximate surface area is 123 Å². The minimum Gasteiger partial charge on any atom is -0.293 e. The van der Waals surface area contributed by atoms with Crippen LogP contribution in [0.5, 0.6) is 0 Å². The highest BCUT2D eigenvalue weighted by atomic mass is 79.9. The van der Waals surface area contributed by atoms with Gasteiger partial charge in [0.1, 0.15) is 0 Å².